The fourth-order valence-electron chi connectivity index (χ4n) is 3.14. The number of thioether (sulfide) groups is 1. The summed E-state index contributed by atoms with van der Waals surface area (Å²) >= 11 is 1.75. The standard InChI is InChI=1S/C20H24N2OS/c1-21(13-16-7-9-19(24-2)10-8-16)15-20(23)22-12-11-17-5-3-4-6-18(17)14-22/h3-10H,11-15H2,1-2H3. The van der Waals surface area contributed by atoms with Crippen molar-refractivity contribution < 1.29 is 4.79 Å². The molecule has 0 aromatic heterocycles. The number of rotatable bonds is 5. The average molecular weight is 340 g/mol. The molecule has 4 heteroatoms. The van der Waals surface area contributed by atoms with Gasteiger partial charge in [0.1, 0.15) is 0 Å². The molecule has 1 heterocycles. The van der Waals surface area contributed by atoms with Gasteiger partial charge in [0.15, 0.2) is 0 Å². The Labute approximate surface area is 148 Å². The number of hydrogen-bond acceptors (Lipinski definition) is 3. The molecule has 2 aromatic rings. The molecule has 0 saturated carbocycles. The van der Waals surface area contributed by atoms with Crippen LogP contribution in [-0.2, 0) is 24.3 Å². The molecule has 0 fully saturated rings. The van der Waals surface area contributed by atoms with E-state index in [1.54, 1.807) is 11.8 Å². The summed E-state index contributed by atoms with van der Waals surface area (Å²) in [5.41, 5.74) is 3.91. The number of carbonyl (C=O) groups excluding carboxylic acids is 1. The molecule has 0 atom stereocenters. The van der Waals surface area contributed by atoms with E-state index in [0.717, 1.165) is 26.1 Å². The number of carbonyl (C=O) groups is 1. The van der Waals surface area contributed by atoms with Crippen molar-refractivity contribution in [3.8, 4) is 0 Å². The minimum absolute atomic E-state index is 0.215. The van der Waals surface area contributed by atoms with Crippen molar-refractivity contribution in [3.63, 3.8) is 0 Å². The van der Waals surface area contributed by atoms with Crippen LogP contribution in [0, 0.1) is 0 Å². The van der Waals surface area contributed by atoms with Gasteiger partial charge in [-0.25, -0.2) is 0 Å². The van der Waals surface area contributed by atoms with Gasteiger partial charge in [0.2, 0.25) is 5.91 Å². The van der Waals surface area contributed by atoms with Crippen LogP contribution < -0.4 is 0 Å². The smallest absolute Gasteiger partial charge is 0.237 e. The molecule has 126 valence electrons. The lowest BCUT2D eigenvalue weighted by atomic mass is 10.00. The van der Waals surface area contributed by atoms with Crippen molar-refractivity contribution in [2.75, 3.05) is 26.4 Å². The van der Waals surface area contributed by atoms with E-state index in [-0.39, 0.29) is 5.91 Å². The lowest BCUT2D eigenvalue weighted by Gasteiger charge is -2.30. The third-order valence-electron chi connectivity index (χ3n) is 4.50. The van der Waals surface area contributed by atoms with Gasteiger partial charge in [-0.05, 0) is 48.5 Å². The zero-order valence-electron chi connectivity index (χ0n) is 14.4. The van der Waals surface area contributed by atoms with Crippen LogP contribution in [0.5, 0.6) is 0 Å². The Balaban J connectivity index is 1.54. The lowest BCUT2D eigenvalue weighted by Crippen LogP contribution is -2.41. The second-order valence-corrected chi connectivity index (χ2v) is 7.23. The van der Waals surface area contributed by atoms with Crippen LogP contribution in [0.15, 0.2) is 53.4 Å². The second kappa shape index (κ2) is 7.86. The third-order valence-corrected chi connectivity index (χ3v) is 5.24. The van der Waals surface area contributed by atoms with Crippen LogP contribution in [0.3, 0.4) is 0 Å². The normalized spacial score (nSPS) is 13.9. The monoisotopic (exact) mass is 340 g/mol. The van der Waals surface area contributed by atoms with Gasteiger partial charge in [-0.15, -0.1) is 11.8 Å². The molecule has 1 aliphatic heterocycles. The first kappa shape index (κ1) is 17.1. The van der Waals surface area contributed by atoms with E-state index in [0.29, 0.717) is 6.54 Å². The molecular formula is C20H24N2OS. The number of benzene rings is 2. The van der Waals surface area contributed by atoms with Crippen molar-refractivity contribution in [3.05, 3.63) is 65.2 Å². The molecule has 0 N–H and O–H groups in total. The molecule has 1 amide bonds. The van der Waals surface area contributed by atoms with Crippen LogP contribution in [0.1, 0.15) is 16.7 Å². The Morgan fingerprint density at radius 3 is 2.54 bits per heavy atom. The van der Waals surface area contributed by atoms with Crippen LogP contribution in [0.2, 0.25) is 0 Å². The van der Waals surface area contributed by atoms with Gasteiger partial charge in [-0.1, -0.05) is 36.4 Å². The molecule has 0 unspecified atom stereocenters. The Morgan fingerprint density at radius 2 is 1.83 bits per heavy atom. The zero-order chi connectivity index (χ0) is 16.9. The fraction of sp³-hybridized carbons (Fsp3) is 0.350. The van der Waals surface area contributed by atoms with Crippen LogP contribution in [0.4, 0.5) is 0 Å². The Kier molecular flexibility index (Phi) is 5.59. The van der Waals surface area contributed by atoms with Crippen LogP contribution in [0.25, 0.3) is 0 Å². The van der Waals surface area contributed by atoms with E-state index in [4.69, 9.17) is 0 Å². The second-order valence-electron chi connectivity index (χ2n) is 6.35. The number of fused-ring (bicyclic) bond motifs is 1. The predicted molar refractivity (Wildman–Crippen MR) is 100 cm³/mol. The van der Waals surface area contributed by atoms with Gasteiger partial charge in [-0.3, -0.25) is 9.69 Å². The van der Waals surface area contributed by atoms with E-state index >= 15 is 0 Å². The van der Waals surface area contributed by atoms with E-state index in [1.807, 2.05) is 11.9 Å². The summed E-state index contributed by atoms with van der Waals surface area (Å²) in [6.07, 6.45) is 3.04. The molecule has 3 nitrogen and oxygen atoms in total. The minimum atomic E-state index is 0.215. The van der Waals surface area contributed by atoms with Gasteiger partial charge in [0.05, 0.1) is 6.54 Å². The molecule has 0 spiro atoms. The fourth-order valence-corrected chi connectivity index (χ4v) is 3.55. The van der Waals surface area contributed by atoms with Crippen LogP contribution in [-0.4, -0.2) is 42.1 Å². The van der Waals surface area contributed by atoms with E-state index < -0.39 is 0 Å². The molecule has 0 aliphatic carbocycles. The predicted octanol–water partition coefficient (Wildman–Crippen LogP) is 3.43. The maximum absolute atomic E-state index is 12.6. The average Bonchev–Trinajstić information content (AvgIpc) is 2.61. The highest BCUT2D eigenvalue weighted by Crippen LogP contribution is 2.19. The van der Waals surface area contributed by atoms with Crippen molar-refractivity contribution >= 4 is 17.7 Å². The highest BCUT2D eigenvalue weighted by molar-refractivity contribution is 7.98. The van der Waals surface area contributed by atoms with Gasteiger partial charge in [0.25, 0.3) is 0 Å². The molecule has 2 aromatic carbocycles. The summed E-state index contributed by atoms with van der Waals surface area (Å²) in [5, 5.41) is 0. The first-order valence-corrected chi connectivity index (χ1v) is 9.54. The van der Waals surface area contributed by atoms with Crippen molar-refractivity contribution in [1.29, 1.82) is 0 Å². The van der Waals surface area contributed by atoms with Crippen LogP contribution >= 0.6 is 11.8 Å². The lowest BCUT2D eigenvalue weighted by molar-refractivity contribution is -0.133. The molecule has 1 aliphatic rings. The number of amides is 1. The molecule has 0 radical (unpaired) electrons. The summed E-state index contributed by atoms with van der Waals surface area (Å²) in [4.78, 5) is 17.9. The van der Waals surface area contributed by atoms with Gasteiger partial charge >= 0.3 is 0 Å². The summed E-state index contributed by atoms with van der Waals surface area (Å²) in [5.74, 6) is 0.215. The molecule has 3 rings (SSSR count). The summed E-state index contributed by atoms with van der Waals surface area (Å²) in [7, 11) is 2.01. The first-order chi connectivity index (χ1) is 11.7. The summed E-state index contributed by atoms with van der Waals surface area (Å²) in [6, 6.07) is 17.0. The van der Waals surface area contributed by atoms with Crippen molar-refractivity contribution in [2.45, 2.75) is 24.4 Å². The molecule has 0 saturated heterocycles. The maximum Gasteiger partial charge on any atom is 0.237 e. The molecule has 0 bridgehead atoms. The summed E-state index contributed by atoms with van der Waals surface area (Å²) < 4.78 is 0. The first-order valence-electron chi connectivity index (χ1n) is 8.32. The van der Waals surface area contributed by atoms with Crippen molar-refractivity contribution in [1.82, 2.24) is 9.80 Å². The topological polar surface area (TPSA) is 23.6 Å². The van der Waals surface area contributed by atoms with E-state index in [9.17, 15) is 4.79 Å². The minimum Gasteiger partial charge on any atom is -0.337 e. The van der Waals surface area contributed by atoms with E-state index in [2.05, 4.69) is 59.7 Å². The largest absolute Gasteiger partial charge is 0.337 e. The highest BCUT2D eigenvalue weighted by Gasteiger charge is 2.21. The Bertz CT molecular complexity index is 699. The SMILES string of the molecule is CSc1ccc(CN(C)CC(=O)N2CCc3ccccc3C2)cc1. The quantitative estimate of drug-likeness (QED) is 0.779. The van der Waals surface area contributed by atoms with Gasteiger partial charge in [0, 0.05) is 24.5 Å². The Morgan fingerprint density at radius 1 is 1.12 bits per heavy atom. The number of likely N-dealkylation sites (N-methyl/N-ethyl adjacent to an activating group) is 1. The van der Waals surface area contributed by atoms with Crippen molar-refractivity contribution in [2.24, 2.45) is 0 Å². The molecule has 24 heavy (non-hydrogen) atoms. The van der Waals surface area contributed by atoms with E-state index in [1.165, 1.54) is 21.6 Å². The maximum atomic E-state index is 12.6. The zero-order valence-corrected chi connectivity index (χ0v) is 15.2. The number of nitrogens with zero attached hydrogens (tertiary/aromatic N) is 2. The van der Waals surface area contributed by atoms with Gasteiger partial charge in [-0.2, -0.15) is 0 Å². The van der Waals surface area contributed by atoms with Gasteiger partial charge < -0.3 is 4.90 Å². The number of hydrogen-bond donors (Lipinski definition) is 0. The summed E-state index contributed by atoms with van der Waals surface area (Å²) in [6.45, 7) is 2.83. The molecular weight excluding hydrogens is 316 g/mol. The third kappa shape index (κ3) is 4.19. The Hall–Kier alpha value is -1.78. The highest BCUT2D eigenvalue weighted by atomic mass is 32.2.